The van der Waals surface area contributed by atoms with Crippen molar-refractivity contribution in [1.29, 1.82) is 0 Å². The third-order valence-electron chi connectivity index (χ3n) is 3.16. The average Bonchev–Trinajstić information content (AvgIpc) is 2.48. The van der Waals surface area contributed by atoms with Crippen LogP contribution in [0, 0.1) is 28.8 Å². The smallest absolute Gasteiger partial charge is 0.320 e. The van der Waals surface area contributed by atoms with Crippen molar-refractivity contribution in [3.8, 4) is 0 Å². The highest BCUT2D eigenvalue weighted by atomic mass is 19.1. The summed E-state index contributed by atoms with van der Waals surface area (Å²) in [6.45, 7) is 4.58. The van der Waals surface area contributed by atoms with Crippen molar-refractivity contribution in [3.05, 3.63) is 39.2 Å². The number of benzene rings is 1. The predicted molar refractivity (Wildman–Crippen MR) is 78.3 cm³/mol. The fourth-order valence-electron chi connectivity index (χ4n) is 2.05. The van der Waals surface area contributed by atoms with E-state index in [1.54, 1.807) is 13.8 Å². The summed E-state index contributed by atoms with van der Waals surface area (Å²) in [5.41, 5.74) is -0.634. The lowest BCUT2D eigenvalue weighted by Gasteiger charge is -2.15. The van der Waals surface area contributed by atoms with E-state index in [2.05, 4.69) is 0 Å². The molecule has 0 aliphatic heterocycles. The molecule has 0 amide bonds. The zero-order chi connectivity index (χ0) is 17.6. The SMILES string of the molecule is CCOC(=O)C(Cc1c([N+](=O)[O-])ccc(C)c1F)C(=O)OCC. The molecule has 0 radical (unpaired) electrons. The van der Waals surface area contributed by atoms with Gasteiger partial charge in [0, 0.05) is 12.5 Å². The lowest BCUT2D eigenvalue weighted by molar-refractivity contribution is -0.385. The number of nitro groups is 1. The summed E-state index contributed by atoms with van der Waals surface area (Å²) in [5.74, 6) is -4.08. The number of hydrogen-bond acceptors (Lipinski definition) is 6. The van der Waals surface area contributed by atoms with Gasteiger partial charge in [0.25, 0.3) is 5.69 Å². The Morgan fingerprint density at radius 2 is 1.74 bits per heavy atom. The van der Waals surface area contributed by atoms with Crippen molar-refractivity contribution < 1.29 is 28.4 Å². The third-order valence-corrected chi connectivity index (χ3v) is 3.16. The fourth-order valence-corrected chi connectivity index (χ4v) is 2.05. The van der Waals surface area contributed by atoms with Crippen molar-refractivity contribution in [3.63, 3.8) is 0 Å². The molecule has 7 nitrogen and oxygen atoms in total. The lowest BCUT2D eigenvalue weighted by atomic mass is 9.96. The van der Waals surface area contributed by atoms with Gasteiger partial charge >= 0.3 is 11.9 Å². The maximum Gasteiger partial charge on any atom is 0.320 e. The van der Waals surface area contributed by atoms with E-state index in [0.717, 1.165) is 6.07 Å². The van der Waals surface area contributed by atoms with E-state index in [1.165, 1.54) is 13.0 Å². The van der Waals surface area contributed by atoms with Crippen LogP contribution in [0.1, 0.15) is 25.0 Å². The molecule has 1 aromatic carbocycles. The molecule has 0 bridgehead atoms. The molecule has 0 aromatic heterocycles. The number of ether oxygens (including phenoxy) is 2. The van der Waals surface area contributed by atoms with Gasteiger partial charge in [-0.3, -0.25) is 19.7 Å². The van der Waals surface area contributed by atoms with Crippen molar-refractivity contribution in [1.82, 2.24) is 0 Å². The van der Waals surface area contributed by atoms with Gasteiger partial charge in [-0.05, 0) is 32.4 Å². The van der Waals surface area contributed by atoms with E-state index in [-0.39, 0.29) is 24.3 Å². The number of carbonyl (C=O) groups is 2. The van der Waals surface area contributed by atoms with Crippen LogP contribution in [0.5, 0.6) is 0 Å². The van der Waals surface area contributed by atoms with Gasteiger partial charge in [0.2, 0.25) is 0 Å². The molecule has 1 rings (SSSR count). The monoisotopic (exact) mass is 327 g/mol. The maximum atomic E-state index is 14.3. The van der Waals surface area contributed by atoms with E-state index in [0.29, 0.717) is 0 Å². The van der Waals surface area contributed by atoms with Gasteiger partial charge in [-0.2, -0.15) is 0 Å². The van der Waals surface area contributed by atoms with Crippen LogP contribution in [0.2, 0.25) is 0 Å². The standard InChI is InChI=1S/C15H18FNO6/c1-4-22-14(18)11(15(19)23-5-2)8-10-12(17(20)21)7-6-9(3)13(10)16/h6-7,11H,4-5,8H2,1-3H3. The molecule has 0 heterocycles. The van der Waals surface area contributed by atoms with Crippen molar-refractivity contribution in [2.45, 2.75) is 27.2 Å². The Kier molecular flexibility index (Phi) is 6.62. The fraction of sp³-hybridized carbons (Fsp3) is 0.467. The number of nitro benzene ring substituents is 1. The van der Waals surface area contributed by atoms with Crippen LogP contribution in [-0.4, -0.2) is 30.1 Å². The van der Waals surface area contributed by atoms with Gasteiger partial charge in [0.1, 0.15) is 5.82 Å². The molecular weight excluding hydrogens is 309 g/mol. The van der Waals surface area contributed by atoms with Crippen molar-refractivity contribution in [2.75, 3.05) is 13.2 Å². The normalized spacial score (nSPS) is 10.5. The quantitative estimate of drug-likeness (QED) is 0.330. The summed E-state index contributed by atoms with van der Waals surface area (Å²) < 4.78 is 23.8. The number of hydrogen-bond donors (Lipinski definition) is 0. The molecule has 126 valence electrons. The molecule has 23 heavy (non-hydrogen) atoms. The van der Waals surface area contributed by atoms with Crippen LogP contribution in [0.3, 0.4) is 0 Å². The van der Waals surface area contributed by atoms with E-state index < -0.39 is 40.7 Å². The Labute approximate surface area is 132 Å². The first kappa shape index (κ1) is 18.5. The molecule has 0 spiro atoms. The molecule has 0 unspecified atom stereocenters. The summed E-state index contributed by atoms with van der Waals surface area (Å²) in [4.78, 5) is 34.2. The maximum absolute atomic E-state index is 14.3. The Balaban J connectivity index is 3.27. The van der Waals surface area contributed by atoms with E-state index in [9.17, 15) is 24.1 Å². The second-order valence-electron chi connectivity index (χ2n) is 4.71. The molecule has 0 saturated heterocycles. The minimum absolute atomic E-state index is 0.0210. The van der Waals surface area contributed by atoms with Crippen LogP contribution in [0.15, 0.2) is 12.1 Å². The summed E-state index contributed by atoms with van der Waals surface area (Å²) in [5, 5.41) is 11.1. The van der Waals surface area contributed by atoms with Crippen LogP contribution < -0.4 is 0 Å². The molecule has 1 aromatic rings. The molecule has 0 atom stereocenters. The minimum Gasteiger partial charge on any atom is -0.465 e. The van der Waals surface area contributed by atoms with Crippen molar-refractivity contribution in [2.24, 2.45) is 5.92 Å². The summed E-state index contributed by atoms with van der Waals surface area (Å²) >= 11 is 0. The Morgan fingerprint density at radius 1 is 1.22 bits per heavy atom. The number of halogens is 1. The van der Waals surface area contributed by atoms with E-state index in [1.807, 2.05) is 0 Å². The van der Waals surface area contributed by atoms with E-state index >= 15 is 0 Å². The number of aryl methyl sites for hydroxylation is 1. The van der Waals surface area contributed by atoms with Crippen molar-refractivity contribution >= 4 is 17.6 Å². The van der Waals surface area contributed by atoms with Crippen LogP contribution in [0.4, 0.5) is 10.1 Å². The molecule has 0 N–H and O–H groups in total. The van der Waals surface area contributed by atoms with Gasteiger partial charge in [-0.15, -0.1) is 0 Å². The highest BCUT2D eigenvalue weighted by molar-refractivity contribution is 5.95. The first-order chi connectivity index (χ1) is 10.8. The summed E-state index contributed by atoms with van der Waals surface area (Å²) in [6.07, 6.45) is -0.499. The lowest BCUT2D eigenvalue weighted by Crippen LogP contribution is -2.30. The summed E-state index contributed by atoms with van der Waals surface area (Å²) in [7, 11) is 0. The number of rotatable bonds is 7. The highest BCUT2D eigenvalue weighted by Gasteiger charge is 2.34. The molecule has 0 aliphatic rings. The topological polar surface area (TPSA) is 95.7 Å². The highest BCUT2D eigenvalue weighted by Crippen LogP contribution is 2.27. The molecule has 0 aliphatic carbocycles. The van der Waals surface area contributed by atoms with Gasteiger partial charge in [-0.1, -0.05) is 0 Å². The first-order valence-electron chi connectivity index (χ1n) is 7.09. The van der Waals surface area contributed by atoms with Gasteiger partial charge in [-0.25, -0.2) is 4.39 Å². The minimum atomic E-state index is -1.45. The Bertz CT molecular complexity index is 598. The average molecular weight is 327 g/mol. The van der Waals surface area contributed by atoms with Crippen LogP contribution in [0.25, 0.3) is 0 Å². The third kappa shape index (κ3) is 4.48. The van der Waals surface area contributed by atoms with Gasteiger partial charge in [0.05, 0.1) is 23.7 Å². The Morgan fingerprint density at radius 3 is 2.17 bits per heavy atom. The number of carbonyl (C=O) groups excluding carboxylic acids is 2. The number of nitrogens with zero attached hydrogens (tertiary/aromatic N) is 1. The largest absolute Gasteiger partial charge is 0.465 e. The van der Waals surface area contributed by atoms with E-state index in [4.69, 9.17) is 9.47 Å². The van der Waals surface area contributed by atoms with Gasteiger partial charge in [0.15, 0.2) is 5.92 Å². The second kappa shape index (κ2) is 8.21. The van der Waals surface area contributed by atoms with Crippen LogP contribution in [-0.2, 0) is 25.5 Å². The zero-order valence-corrected chi connectivity index (χ0v) is 13.1. The molecule has 0 fully saturated rings. The zero-order valence-electron chi connectivity index (χ0n) is 13.1. The Hall–Kier alpha value is -2.51. The molecule has 8 heteroatoms. The van der Waals surface area contributed by atoms with Gasteiger partial charge < -0.3 is 9.47 Å². The second-order valence-corrected chi connectivity index (χ2v) is 4.71. The first-order valence-corrected chi connectivity index (χ1v) is 7.09. The van der Waals surface area contributed by atoms with Crippen LogP contribution >= 0.6 is 0 Å². The number of esters is 2. The summed E-state index contributed by atoms with van der Waals surface area (Å²) in [6, 6.07) is 2.40. The molecule has 0 saturated carbocycles. The molecular formula is C15H18FNO6. The predicted octanol–water partition coefficient (Wildman–Crippen LogP) is 2.33.